The number of aryl methyl sites for hydroxylation is 3. The van der Waals surface area contributed by atoms with Gasteiger partial charge in [0.25, 0.3) is 0 Å². The average molecular weight is 268 g/mol. The summed E-state index contributed by atoms with van der Waals surface area (Å²) in [4.78, 5) is 0. The molecule has 2 aromatic rings. The Bertz CT molecular complexity index is 584. The maximum atomic E-state index is 5.96. The van der Waals surface area contributed by atoms with E-state index in [0.29, 0.717) is 0 Å². The van der Waals surface area contributed by atoms with Gasteiger partial charge in [-0.25, -0.2) is 0 Å². The molecule has 0 fully saturated rings. The summed E-state index contributed by atoms with van der Waals surface area (Å²) >= 11 is 0. The number of benzene rings is 2. The molecule has 0 radical (unpaired) electrons. The zero-order valence-electron chi connectivity index (χ0n) is 13.0. The number of rotatable bonds is 5. The summed E-state index contributed by atoms with van der Waals surface area (Å²) < 4.78 is 5.96. The molecule has 20 heavy (non-hydrogen) atoms. The summed E-state index contributed by atoms with van der Waals surface area (Å²) in [6.45, 7) is 9.47. The van der Waals surface area contributed by atoms with Gasteiger partial charge in [-0.3, -0.25) is 0 Å². The fraction of sp³-hybridized carbons (Fsp3) is 0.368. The van der Waals surface area contributed by atoms with Crippen molar-refractivity contribution in [3.63, 3.8) is 0 Å². The molecule has 1 heteroatoms. The first-order chi connectivity index (χ1) is 9.63. The summed E-state index contributed by atoms with van der Waals surface area (Å²) in [5.74, 6) is 0.993. The van der Waals surface area contributed by atoms with E-state index in [4.69, 9.17) is 4.74 Å². The van der Waals surface area contributed by atoms with E-state index < -0.39 is 0 Å². The Labute approximate surface area is 122 Å². The Balaban J connectivity index is 2.39. The van der Waals surface area contributed by atoms with Gasteiger partial charge in [0.15, 0.2) is 0 Å². The van der Waals surface area contributed by atoms with Gasteiger partial charge in [0.05, 0.1) is 6.61 Å². The second-order valence-corrected chi connectivity index (χ2v) is 5.45. The SMILES string of the molecule is CCCCOc1ccccc1-c1cc(C)c(C)cc1C. The molecule has 0 bridgehead atoms. The van der Waals surface area contributed by atoms with Crippen molar-refractivity contribution in [1.29, 1.82) is 0 Å². The molecule has 106 valence electrons. The van der Waals surface area contributed by atoms with E-state index in [1.807, 2.05) is 6.07 Å². The van der Waals surface area contributed by atoms with Gasteiger partial charge in [0.1, 0.15) is 5.75 Å². The molecule has 0 aliphatic heterocycles. The maximum absolute atomic E-state index is 5.96. The minimum atomic E-state index is 0.789. The van der Waals surface area contributed by atoms with E-state index in [-0.39, 0.29) is 0 Å². The highest BCUT2D eigenvalue weighted by Crippen LogP contribution is 2.33. The van der Waals surface area contributed by atoms with Crippen LogP contribution in [0.2, 0.25) is 0 Å². The van der Waals surface area contributed by atoms with Crippen LogP contribution in [0.25, 0.3) is 11.1 Å². The van der Waals surface area contributed by atoms with Crippen molar-refractivity contribution in [2.75, 3.05) is 6.61 Å². The number of hydrogen-bond acceptors (Lipinski definition) is 1. The van der Waals surface area contributed by atoms with Crippen LogP contribution in [0.15, 0.2) is 36.4 Å². The smallest absolute Gasteiger partial charge is 0.127 e. The lowest BCUT2D eigenvalue weighted by molar-refractivity contribution is 0.310. The predicted molar refractivity (Wildman–Crippen MR) is 86.5 cm³/mol. The Morgan fingerprint density at radius 3 is 2.30 bits per heavy atom. The van der Waals surface area contributed by atoms with Crippen LogP contribution in [0.3, 0.4) is 0 Å². The van der Waals surface area contributed by atoms with Crippen LogP contribution in [0.4, 0.5) is 0 Å². The zero-order valence-corrected chi connectivity index (χ0v) is 13.0. The van der Waals surface area contributed by atoms with Crippen molar-refractivity contribution in [1.82, 2.24) is 0 Å². The molecule has 0 saturated carbocycles. The highest BCUT2D eigenvalue weighted by atomic mass is 16.5. The highest BCUT2D eigenvalue weighted by molar-refractivity contribution is 5.74. The minimum absolute atomic E-state index is 0.789. The van der Waals surface area contributed by atoms with Crippen molar-refractivity contribution in [3.8, 4) is 16.9 Å². The van der Waals surface area contributed by atoms with Gasteiger partial charge in [-0.05, 0) is 55.5 Å². The third-order valence-corrected chi connectivity index (χ3v) is 3.77. The fourth-order valence-electron chi connectivity index (χ4n) is 2.39. The van der Waals surface area contributed by atoms with E-state index in [2.05, 4.69) is 58.0 Å². The van der Waals surface area contributed by atoms with Crippen molar-refractivity contribution >= 4 is 0 Å². The van der Waals surface area contributed by atoms with Gasteiger partial charge >= 0.3 is 0 Å². The molecule has 0 heterocycles. The molecule has 1 nitrogen and oxygen atoms in total. The lowest BCUT2D eigenvalue weighted by atomic mass is 9.95. The summed E-state index contributed by atoms with van der Waals surface area (Å²) in [7, 11) is 0. The van der Waals surface area contributed by atoms with Crippen LogP contribution in [0, 0.1) is 20.8 Å². The molecule has 0 aromatic heterocycles. The highest BCUT2D eigenvalue weighted by Gasteiger charge is 2.09. The second kappa shape index (κ2) is 6.60. The largest absolute Gasteiger partial charge is 0.493 e. The van der Waals surface area contributed by atoms with Gasteiger partial charge < -0.3 is 4.74 Å². The van der Waals surface area contributed by atoms with Gasteiger partial charge in [0, 0.05) is 5.56 Å². The summed E-state index contributed by atoms with van der Waals surface area (Å²) in [6, 6.07) is 12.9. The molecule has 0 aliphatic rings. The first-order valence-electron chi connectivity index (χ1n) is 7.43. The standard InChI is InChI=1S/C19H24O/c1-5-6-11-20-19-10-8-7-9-17(19)18-13-15(3)14(2)12-16(18)4/h7-10,12-13H,5-6,11H2,1-4H3. The van der Waals surface area contributed by atoms with E-state index in [9.17, 15) is 0 Å². The molecular weight excluding hydrogens is 244 g/mol. The number of hydrogen-bond donors (Lipinski definition) is 0. The van der Waals surface area contributed by atoms with E-state index in [1.165, 1.54) is 27.8 Å². The van der Waals surface area contributed by atoms with Crippen molar-refractivity contribution < 1.29 is 4.74 Å². The van der Waals surface area contributed by atoms with Crippen molar-refractivity contribution in [2.24, 2.45) is 0 Å². The quantitative estimate of drug-likeness (QED) is 0.654. The van der Waals surface area contributed by atoms with Gasteiger partial charge in [-0.15, -0.1) is 0 Å². The molecule has 0 N–H and O–H groups in total. The van der Waals surface area contributed by atoms with Gasteiger partial charge in [0.2, 0.25) is 0 Å². The van der Waals surface area contributed by atoms with E-state index in [1.54, 1.807) is 0 Å². The summed E-state index contributed by atoms with van der Waals surface area (Å²) in [5, 5.41) is 0. The second-order valence-electron chi connectivity index (χ2n) is 5.45. The third kappa shape index (κ3) is 3.22. The number of ether oxygens (including phenoxy) is 1. The Morgan fingerprint density at radius 2 is 1.55 bits per heavy atom. The summed E-state index contributed by atoms with van der Waals surface area (Å²) in [6.07, 6.45) is 2.26. The zero-order chi connectivity index (χ0) is 14.5. The van der Waals surface area contributed by atoms with Crippen LogP contribution < -0.4 is 4.74 Å². The Morgan fingerprint density at radius 1 is 0.850 bits per heavy atom. The molecule has 2 aromatic carbocycles. The molecular formula is C19H24O. The van der Waals surface area contributed by atoms with E-state index in [0.717, 1.165) is 25.2 Å². The molecule has 2 rings (SSSR count). The lowest BCUT2D eigenvalue weighted by Crippen LogP contribution is -1.99. The topological polar surface area (TPSA) is 9.23 Å². The van der Waals surface area contributed by atoms with E-state index >= 15 is 0 Å². The first kappa shape index (κ1) is 14.6. The third-order valence-electron chi connectivity index (χ3n) is 3.77. The normalized spacial score (nSPS) is 10.6. The van der Waals surface area contributed by atoms with Crippen molar-refractivity contribution in [3.05, 3.63) is 53.1 Å². The molecule has 0 saturated heterocycles. The van der Waals surface area contributed by atoms with Gasteiger partial charge in [-0.2, -0.15) is 0 Å². The fourth-order valence-corrected chi connectivity index (χ4v) is 2.39. The number of para-hydroxylation sites is 1. The predicted octanol–water partition coefficient (Wildman–Crippen LogP) is 5.46. The minimum Gasteiger partial charge on any atom is -0.493 e. The van der Waals surface area contributed by atoms with Crippen molar-refractivity contribution in [2.45, 2.75) is 40.5 Å². The average Bonchev–Trinajstić information content (AvgIpc) is 2.44. The van der Waals surface area contributed by atoms with Crippen LogP contribution in [0.1, 0.15) is 36.5 Å². The Hall–Kier alpha value is -1.76. The number of unbranched alkanes of at least 4 members (excludes halogenated alkanes) is 1. The lowest BCUT2D eigenvalue weighted by Gasteiger charge is -2.15. The maximum Gasteiger partial charge on any atom is 0.127 e. The van der Waals surface area contributed by atoms with Crippen LogP contribution in [0.5, 0.6) is 5.75 Å². The molecule has 0 aliphatic carbocycles. The van der Waals surface area contributed by atoms with Gasteiger partial charge in [-0.1, -0.05) is 43.7 Å². The molecule has 0 atom stereocenters. The monoisotopic (exact) mass is 268 g/mol. The van der Waals surface area contributed by atoms with Crippen LogP contribution in [-0.2, 0) is 0 Å². The van der Waals surface area contributed by atoms with Crippen LogP contribution >= 0.6 is 0 Å². The summed E-state index contributed by atoms with van der Waals surface area (Å²) in [5.41, 5.74) is 6.45. The molecule has 0 amide bonds. The Kier molecular flexibility index (Phi) is 4.84. The molecule has 0 spiro atoms. The molecule has 0 unspecified atom stereocenters. The first-order valence-corrected chi connectivity index (χ1v) is 7.43. The van der Waals surface area contributed by atoms with Crippen LogP contribution in [-0.4, -0.2) is 6.61 Å².